The van der Waals surface area contributed by atoms with Crippen LogP contribution in [0.3, 0.4) is 0 Å². The molecule has 0 unspecified atom stereocenters. The zero-order valence-electron chi connectivity index (χ0n) is 17.0. The zero-order chi connectivity index (χ0) is 21.9. The molecule has 0 saturated heterocycles. The lowest BCUT2D eigenvalue weighted by Gasteiger charge is -2.11. The van der Waals surface area contributed by atoms with Crippen LogP contribution in [-0.2, 0) is 16.0 Å². The SMILES string of the molecule is COc1ccc(CC(=O)Nc2cccc(/C(C)=N\NC(=O)[C@@]3(C)CC3(Br)Br)c2)cc1. The molecule has 30 heavy (non-hydrogen) atoms. The Hall–Kier alpha value is -2.19. The van der Waals surface area contributed by atoms with Crippen LogP contribution in [0.25, 0.3) is 0 Å². The van der Waals surface area contributed by atoms with E-state index in [2.05, 4.69) is 47.7 Å². The predicted molar refractivity (Wildman–Crippen MR) is 125 cm³/mol. The van der Waals surface area contributed by atoms with Crippen LogP contribution in [0.5, 0.6) is 5.75 Å². The number of nitrogens with zero attached hydrogens (tertiary/aromatic N) is 1. The van der Waals surface area contributed by atoms with E-state index in [4.69, 9.17) is 4.74 Å². The third kappa shape index (κ3) is 5.10. The molecule has 2 amide bonds. The van der Waals surface area contributed by atoms with E-state index >= 15 is 0 Å². The summed E-state index contributed by atoms with van der Waals surface area (Å²) in [6.45, 7) is 3.68. The van der Waals surface area contributed by atoms with Crippen molar-refractivity contribution >= 4 is 55.1 Å². The second-order valence-electron chi connectivity index (χ2n) is 7.51. The highest BCUT2D eigenvalue weighted by Crippen LogP contribution is 2.66. The number of methoxy groups -OCH3 is 1. The number of amides is 2. The van der Waals surface area contributed by atoms with Crippen molar-refractivity contribution in [3.63, 3.8) is 0 Å². The van der Waals surface area contributed by atoms with Crippen LogP contribution < -0.4 is 15.5 Å². The fraction of sp³-hybridized carbons (Fsp3) is 0.318. The van der Waals surface area contributed by atoms with Crippen LogP contribution in [0.4, 0.5) is 5.69 Å². The molecule has 2 aromatic rings. The van der Waals surface area contributed by atoms with Crippen molar-refractivity contribution in [3.8, 4) is 5.75 Å². The number of ether oxygens (including phenoxy) is 1. The summed E-state index contributed by atoms with van der Waals surface area (Å²) in [6.07, 6.45) is 0.951. The van der Waals surface area contributed by atoms with E-state index in [1.807, 2.05) is 62.4 Å². The molecule has 0 aliphatic heterocycles. The first-order valence-electron chi connectivity index (χ1n) is 9.40. The number of nitrogens with one attached hydrogen (secondary N) is 2. The van der Waals surface area contributed by atoms with Gasteiger partial charge in [0.15, 0.2) is 0 Å². The molecule has 0 aromatic heterocycles. The van der Waals surface area contributed by atoms with Crippen LogP contribution in [-0.4, -0.2) is 27.9 Å². The van der Waals surface area contributed by atoms with Gasteiger partial charge in [-0.25, -0.2) is 5.43 Å². The van der Waals surface area contributed by atoms with Crippen molar-refractivity contribution in [2.75, 3.05) is 12.4 Å². The lowest BCUT2D eigenvalue weighted by molar-refractivity contribution is -0.125. The maximum atomic E-state index is 12.4. The van der Waals surface area contributed by atoms with E-state index in [0.29, 0.717) is 17.8 Å². The minimum Gasteiger partial charge on any atom is -0.497 e. The number of alkyl halides is 2. The lowest BCUT2D eigenvalue weighted by Crippen LogP contribution is -2.30. The Morgan fingerprint density at radius 2 is 1.83 bits per heavy atom. The molecule has 3 rings (SSSR count). The number of benzene rings is 2. The standard InChI is InChI=1S/C22H23Br2N3O3/c1-14(26-27-20(29)21(2)13-22(21,23)24)16-5-4-6-17(12-16)25-19(28)11-15-7-9-18(30-3)10-8-15/h4-10,12H,11,13H2,1-3H3,(H,25,28)(H,27,29)/b26-14-/t21-/m1/s1. The van der Waals surface area contributed by atoms with Gasteiger partial charge in [-0.1, -0.05) is 56.1 Å². The van der Waals surface area contributed by atoms with Crippen LogP contribution in [0.15, 0.2) is 53.6 Å². The molecule has 1 saturated carbocycles. The molecular formula is C22H23Br2N3O3. The number of hydrazone groups is 1. The summed E-state index contributed by atoms with van der Waals surface area (Å²) >= 11 is 6.97. The van der Waals surface area contributed by atoms with E-state index in [-0.39, 0.29) is 21.5 Å². The molecule has 2 N–H and O–H groups in total. The van der Waals surface area contributed by atoms with Gasteiger partial charge in [0.05, 0.1) is 27.9 Å². The molecule has 1 atom stereocenters. The molecule has 0 bridgehead atoms. The van der Waals surface area contributed by atoms with E-state index in [1.165, 1.54) is 0 Å². The van der Waals surface area contributed by atoms with Gasteiger partial charge in [0.1, 0.15) is 5.75 Å². The molecule has 1 aliphatic rings. The van der Waals surface area contributed by atoms with Crippen LogP contribution in [0, 0.1) is 5.41 Å². The predicted octanol–water partition coefficient (Wildman–Crippen LogP) is 4.61. The topological polar surface area (TPSA) is 79.8 Å². The third-order valence-electron chi connectivity index (χ3n) is 5.17. The van der Waals surface area contributed by atoms with Gasteiger partial charge in [-0.05, 0) is 55.7 Å². The van der Waals surface area contributed by atoms with Crippen molar-refractivity contribution in [1.29, 1.82) is 0 Å². The summed E-state index contributed by atoms with van der Waals surface area (Å²) in [5.41, 5.74) is 5.12. The zero-order valence-corrected chi connectivity index (χ0v) is 20.1. The average molecular weight is 537 g/mol. The van der Waals surface area contributed by atoms with E-state index < -0.39 is 5.41 Å². The van der Waals surface area contributed by atoms with Gasteiger partial charge in [-0.15, -0.1) is 0 Å². The molecule has 1 aliphatic carbocycles. The fourth-order valence-corrected chi connectivity index (χ4v) is 4.41. The minimum atomic E-state index is -0.534. The second kappa shape index (κ2) is 8.89. The number of anilines is 1. The molecule has 0 heterocycles. The summed E-state index contributed by atoms with van der Waals surface area (Å²) in [6, 6.07) is 14.7. The first kappa shape index (κ1) is 22.5. The Morgan fingerprint density at radius 3 is 2.43 bits per heavy atom. The van der Waals surface area contributed by atoms with Crippen molar-refractivity contribution in [3.05, 3.63) is 59.7 Å². The van der Waals surface area contributed by atoms with E-state index in [1.54, 1.807) is 7.11 Å². The van der Waals surface area contributed by atoms with Crippen molar-refractivity contribution < 1.29 is 14.3 Å². The highest BCUT2D eigenvalue weighted by Gasteiger charge is 2.66. The third-order valence-corrected chi connectivity index (χ3v) is 7.48. The van der Waals surface area contributed by atoms with Crippen molar-refractivity contribution in [1.82, 2.24) is 5.43 Å². The monoisotopic (exact) mass is 535 g/mol. The Morgan fingerprint density at radius 1 is 1.17 bits per heavy atom. The Kier molecular flexibility index (Phi) is 6.67. The van der Waals surface area contributed by atoms with Gasteiger partial charge >= 0.3 is 0 Å². The Balaban J connectivity index is 1.60. The van der Waals surface area contributed by atoms with Gasteiger partial charge < -0.3 is 10.1 Å². The Labute approximate surface area is 192 Å². The summed E-state index contributed by atoms with van der Waals surface area (Å²) in [4.78, 5) is 24.7. The molecule has 158 valence electrons. The minimum absolute atomic E-state index is 0.118. The molecular weight excluding hydrogens is 514 g/mol. The number of carbonyl (C=O) groups is 2. The summed E-state index contributed by atoms with van der Waals surface area (Å²) in [5, 5.41) is 7.12. The first-order chi connectivity index (χ1) is 14.1. The van der Waals surface area contributed by atoms with Crippen molar-refractivity contribution in [2.24, 2.45) is 10.5 Å². The smallest absolute Gasteiger partial charge is 0.248 e. The molecule has 1 fully saturated rings. The maximum Gasteiger partial charge on any atom is 0.248 e. The average Bonchev–Trinajstić information content (AvgIpc) is 3.25. The van der Waals surface area contributed by atoms with Crippen LogP contribution >= 0.6 is 31.9 Å². The molecule has 0 radical (unpaired) electrons. The van der Waals surface area contributed by atoms with Gasteiger partial charge in [0.25, 0.3) is 0 Å². The van der Waals surface area contributed by atoms with Crippen LogP contribution in [0.1, 0.15) is 31.4 Å². The van der Waals surface area contributed by atoms with Crippen molar-refractivity contribution in [2.45, 2.75) is 29.9 Å². The van der Waals surface area contributed by atoms with E-state index in [0.717, 1.165) is 16.9 Å². The number of carbonyl (C=O) groups excluding carboxylic acids is 2. The number of hydrogen-bond donors (Lipinski definition) is 2. The highest BCUT2D eigenvalue weighted by atomic mass is 79.9. The highest BCUT2D eigenvalue weighted by molar-refractivity contribution is 9.25. The van der Waals surface area contributed by atoms with Gasteiger partial charge in [-0.3, -0.25) is 9.59 Å². The first-order valence-corrected chi connectivity index (χ1v) is 11.0. The number of rotatable bonds is 7. The van der Waals surface area contributed by atoms with Gasteiger partial charge in [0.2, 0.25) is 11.8 Å². The molecule has 6 nitrogen and oxygen atoms in total. The summed E-state index contributed by atoms with van der Waals surface area (Å²) in [5.74, 6) is 0.481. The lowest BCUT2D eigenvalue weighted by atomic mass is 10.1. The number of hydrogen-bond acceptors (Lipinski definition) is 4. The van der Waals surface area contributed by atoms with E-state index in [9.17, 15) is 9.59 Å². The summed E-state index contributed by atoms with van der Waals surface area (Å²) < 4.78 is 4.76. The second-order valence-corrected chi connectivity index (χ2v) is 11.3. The number of halogens is 2. The normalized spacial score (nSPS) is 19.7. The molecule has 0 spiro atoms. The van der Waals surface area contributed by atoms with Gasteiger partial charge in [0, 0.05) is 5.69 Å². The molecule has 8 heteroatoms. The largest absolute Gasteiger partial charge is 0.497 e. The Bertz CT molecular complexity index is 989. The molecule has 2 aromatic carbocycles. The quantitative estimate of drug-likeness (QED) is 0.308. The fourth-order valence-electron chi connectivity index (χ4n) is 2.92. The summed E-state index contributed by atoms with van der Waals surface area (Å²) in [7, 11) is 1.61. The maximum absolute atomic E-state index is 12.4. The van der Waals surface area contributed by atoms with Gasteiger partial charge in [-0.2, -0.15) is 5.10 Å². The van der Waals surface area contributed by atoms with Crippen LogP contribution in [0.2, 0.25) is 0 Å².